The van der Waals surface area contributed by atoms with E-state index >= 15 is 0 Å². The van der Waals surface area contributed by atoms with Crippen LogP contribution in [-0.2, 0) is 4.79 Å². The molecule has 1 saturated heterocycles. The minimum absolute atomic E-state index is 0.0487. The third-order valence-electron chi connectivity index (χ3n) is 3.41. The van der Waals surface area contributed by atoms with Crippen molar-refractivity contribution in [3.63, 3.8) is 0 Å². The lowest BCUT2D eigenvalue weighted by molar-refractivity contribution is -0.130. The van der Waals surface area contributed by atoms with Crippen molar-refractivity contribution in [2.75, 3.05) is 26.2 Å². The number of carbonyl (C=O) groups is 2. The number of nitrogens with zero attached hydrogens (tertiary/aromatic N) is 2. The Bertz CT molecular complexity index is 551. The van der Waals surface area contributed by atoms with Gasteiger partial charge in [-0.15, -0.1) is 0 Å². The maximum absolute atomic E-state index is 12.4. The van der Waals surface area contributed by atoms with Gasteiger partial charge >= 0.3 is 0 Å². The molecular formula is C14H17N3O2S. The number of piperazine rings is 1. The van der Waals surface area contributed by atoms with Crippen molar-refractivity contribution in [1.82, 2.24) is 9.80 Å². The van der Waals surface area contributed by atoms with Crippen LogP contribution in [0.1, 0.15) is 22.8 Å². The molecule has 1 aliphatic rings. The van der Waals surface area contributed by atoms with Crippen LogP contribution in [0.5, 0.6) is 0 Å². The molecule has 106 valence electrons. The van der Waals surface area contributed by atoms with Gasteiger partial charge in [0.25, 0.3) is 5.91 Å². The van der Waals surface area contributed by atoms with Crippen LogP contribution in [0.2, 0.25) is 0 Å². The normalized spacial score (nSPS) is 15.1. The molecule has 6 heteroatoms. The molecule has 0 bridgehead atoms. The summed E-state index contributed by atoms with van der Waals surface area (Å²) in [5, 5.41) is 0. The first-order chi connectivity index (χ1) is 9.49. The van der Waals surface area contributed by atoms with Gasteiger partial charge < -0.3 is 15.5 Å². The van der Waals surface area contributed by atoms with E-state index in [0.717, 1.165) is 0 Å². The molecule has 1 aromatic carbocycles. The third kappa shape index (κ3) is 3.14. The molecule has 0 spiro atoms. The molecule has 2 N–H and O–H groups in total. The summed E-state index contributed by atoms with van der Waals surface area (Å²) in [5.74, 6) is -0.00104. The van der Waals surface area contributed by atoms with Crippen molar-refractivity contribution in [1.29, 1.82) is 0 Å². The van der Waals surface area contributed by atoms with Crippen LogP contribution >= 0.6 is 12.2 Å². The first-order valence-corrected chi connectivity index (χ1v) is 6.84. The molecule has 20 heavy (non-hydrogen) atoms. The molecule has 0 saturated carbocycles. The number of hydrogen-bond acceptors (Lipinski definition) is 3. The second-order valence-corrected chi connectivity index (χ2v) is 5.18. The average molecular weight is 291 g/mol. The summed E-state index contributed by atoms with van der Waals surface area (Å²) >= 11 is 4.92. The summed E-state index contributed by atoms with van der Waals surface area (Å²) in [5.41, 5.74) is 6.84. The number of benzene rings is 1. The van der Waals surface area contributed by atoms with Crippen LogP contribution in [0, 0.1) is 0 Å². The number of thiocarbonyl (C=S) groups is 1. The zero-order valence-electron chi connectivity index (χ0n) is 11.3. The zero-order valence-corrected chi connectivity index (χ0v) is 12.2. The maximum Gasteiger partial charge on any atom is 0.253 e. The van der Waals surface area contributed by atoms with Gasteiger partial charge in [0.05, 0.1) is 0 Å². The van der Waals surface area contributed by atoms with Gasteiger partial charge in [0.15, 0.2) is 0 Å². The summed E-state index contributed by atoms with van der Waals surface area (Å²) in [4.78, 5) is 27.4. The highest BCUT2D eigenvalue weighted by Crippen LogP contribution is 2.11. The number of carbonyl (C=O) groups excluding carboxylic acids is 2. The highest BCUT2D eigenvalue weighted by molar-refractivity contribution is 7.80. The van der Waals surface area contributed by atoms with Gasteiger partial charge in [-0.25, -0.2) is 0 Å². The van der Waals surface area contributed by atoms with Gasteiger partial charge in [-0.1, -0.05) is 24.4 Å². The van der Waals surface area contributed by atoms with Gasteiger partial charge in [-0.2, -0.15) is 0 Å². The van der Waals surface area contributed by atoms with Gasteiger partial charge in [0, 0.05) is 44.2 Å². The summed E-state index contributed by atoms with van der Waals surface area (Å²) in [6.07, 6.45) is 0. The van der Waals surface area contributed by atoms with E-state index < -0.39 is 0 Å². The highest BCUT2D eigenvalue weighted by atomic mass is 32.1. The van der Waals surface area contributed by atoms with Gasteiger partial charge in [-0.3, -0.25) is 9.59 Å². The molecule has 1 heterocycles. The predicted molar refractivity (Wildman–Crippen MR) is 80.5 cm³/mol. The molecule has 1 fully saturated rings. The zero-order chi connectivity index (χ0) is 14.7. The highest BCUT2D eigenvalue weighted by Gasteiger charge is 2.23. The Balaban J connectivity index is 2.07. The smallest absolute Gasteiger partial charge is 0.253 e. The lowest BCUT2D eigenvalue weighted by atomic mass is 10.1. The SMILES string of the molecule is CC(=O)N1CCN(C(=O)c2cccc(C(N)=S)c2)CC1. The largest absolute Gasteiger partial charge is 0.389 e. The molecule has 0 radical (unpaired) electrons. The minimum atomic E-state index is -0.0497. The maximum atomic E-state index is 12.4. The number of rotatable bonds is 2. The molecule has 0 aromatic heterocycles. The Morgan fingerprint density at radius 3 is 2.20 bits per heavy atom. The van der Waals surface area contributed by atoms with Crippen LogP contribution < -0.4 is 5.73 Å². The Hall–Kier alpha value is -1.95. The molecule has 1 aliphatic heterocycles. The topological polar surface area (TPSA) is 66.6 Å². The number of nitrogens with two attached hydrogens (primary N) is 1. The van der Waals surface area contributed by atoms with Crippen molar-refractivity contribution >= 4 is 29.0 Å². The van der Waals surface area contributed by atoms with Gasteiger partial charge in [0.1, 0.15) is 4.99 Å². The fourth-order valence-corrected chi connectivity index (χ4v) is 2.34. The van der Waals surface area contributed by atoms with Crippen LogP contribution in [0.25, 0.3) is 0 Å². The van der Waals surface area contributed by atoms with E-state index in [9.17, 15) is 9.59 Å². The predicted octanol–water partition coefficient (Wildman–Crippen LogP) is 0.625. The van der Waals surface area contributed by atoms with Crippen LogP contribution in [0.3, 0.4) is 0 Å². The monoisotopic (exact) mass is 291 g/mol. The number of amides is 2. The lowest BCUT2D eigenvalue weighted by Gasteiger charge is -2.34. The summed E-state index contributed by atoms with van der Waals surface area (Å²) in [6, 6.07) is 7.02. The molecule has 1 aromatic rings. The van der Waals surface area contributed by atoms with Crippen LogP contribution in [0.4, 0.5) is 0 Å². The lowest BCUT2D eigenvalue weighted by Crippen LogP contribution is -2.50. The molecule has 0 atom stereocenters. The minimum Gasteiger partial charge on any atom is -0.389 e. The fraction of sp³-hybridized carbons (Fsp3) is 0.357. The second kappa shape index (κ2) is 6.00. The Morgan fingerprint density at radius 1 is 1.10 bits per heavy atom. The van der Waals surface area contributed by atoms with Crippen LogP contribution in [-0.4, -0.2) is 52.8 Å². The fourth-order valence-electron chi connectivity index (χ4n) is 2.21. The molecule has 0 aliphatic carbocycles. The van der Waals surface area contributed by atoms with E-state index in [-0.39, 0.29) is 16.8 Å². The van der Waals surface area contributed by atoms with Crippen molar-refractivity contribution in [2.45, 2.75) is 6.92 Å². The van der Waals surface area contributed by atoms with E-state index in [4.69, 9.17) is 18.0 Å². The van der Waals surface area contributed by atoms with Gasteiger partial charge in [-0.05, 0) is 12.1 Å². The summed E-state index contributed by atoms with van der Waals surface area (Å²) in [6.45, 7) is 3.81. The third-order valence-corrected chi connectivity index (χ3v) is 3.64. The van der Waals surface area contributed by atoms with Gasteiger partial charge in [0.2, 0.25) is 5.91 Å². The summed E-state index contributed by atoms with van der Waals surface area (Å²) < 4.78 is 0. The quantitative estimate of drug-likeness (QED) is 0.812. The first kappa shape index (κ1) is 14.5. The van der Waals surface area contributed by atoms with E-state index in [1.807, 2.05) is 0 Å². The van der Waals surface area contributed by atoms with Crippen molar-refractivity contribution in [3.8, 4) is 0 Å². The van der Waals surface area contributed by atoms with Crippen LogP contribution in [0.15, 0.2) is 24.3 Å². The molecule has 5 nitrogen and oxygen atoms in total. The summed E-state index contributed by atoms with van der Waals surface area (Å²) in [7, 11) is 0. The standard InChI is InChI=1S/C14H17N3O2S/c1-10(18)16-5-7-17(8-6-16)14(19)12-4-2-3-11(9-12)13(15)20/h2-4,9H,5-8H2,1H3,(H2,15,20). The van der Waals surface area contributed by atoms with Crippen molar-refractivity contribution in [3.05, 3.63) is 35.4 Å². The Labute approximate surface area is 123 Å². The van der Waals surface area contributed by atoms with E-state index in [1.54, 1.807) is 41.0 Å². The molecule has 2 rings (SSSR count). The van der Waals surface area contributed by atoms with E-state index in [1.165, 1.54) is 0 Å². The van der Waals surface area contributed by atoms with E-state index in [0.29, 0.717) is 37.3 Å². The Morgan fingerprint density at radius 2 is 1.65 bits per heavy atom. The van der Waals surface area contributed by atoms with Crippen molar-refractivity contribution in [2.24, 2.45) is 5.73 Å². The average Bonchev–Trinajstić information content (AvgIpc) is 2.46. The first-order valence-electron chi connectivity index (χ1n) is 6.43. The van der Waals surface area contributed by atoms with Crippen molar-refractivity contribution < 1.29 is 9.59 Å². The molecular weight excluding hydrogens is 274 g/mol. The second-order valence-electron chi connectivity index (χ2n) is 4.74. The van der Waals surface area contributed by atoms with E-state index in [2.05, 4.69) is 0 Å². The molecule has 0 unspecified atom stereocenters. The Kier molecular flexibility index (Phi) is 4.34. The molecule has 2 amide bonds. The number of hydrogen-bond donors (Lipinski definition) is 1.